The van der Waals surface area contributed by atoms with E-state index in [1.807, 2.05) is 31.2 Å². The number of hydrazone groups is 1. The monoisotopic (exact) mass is 459 g/mol. The molecule has 34 heavy (non-hydrogen) atoms. The fourth-order valence-corrected chi connectivity index (χ4v) is 3.56. The van der Waals surface area contributed by atoms with E-state index in [9.17, 15) is 0 Å². The van der Waals surface area contributed by atoms with Crippen LogP contribution in [0, 0.1) is 19.8 Å². The highest BCUT2D eigenvalue weighted by Crippen LogP contribution is 2.20. The number of halogens is 1. The summed E-state index contributed by atoms with van der Waals surface area (Å²) in [4.78, 5) is 4.17. The number of pyridine rings is 1. The maximum absolute atomic E-state index is 15.3. The van der Waals surface area contributed by atoms with E-state index in [1.165, 1.54) is 5.56 Å². The smallest absolute Gasteiger partial charge is 0.224 e. The molecule has 2 aromatic carbocycles. The number of hydrogen-bond donors (Lipinski definition) is 2. The third kappa shape index (κ3) is 6.99. The van der Waals surface area contributed by atoms with Crippen molar-refractivity contribution >= 4 is 11.5 Å². The van der Waals surface area contributed by atoms with Crippen molar-refractivity contribution in [3.05, 3.63) is 107 Å². The number of aryl methyl sites for hydroxylation is 2. The van der Waals surface area contributed by atoms with Crippen molar-refractivity contribution < 1.29 is 4.39 Å². The predicted octanol–water partition coefficient (Wildman–Crippen LogP) is 5.65. The van der Waals surface area contributed by atoms with Crippen LogP contribution in [0.25, 0.3) is 0 Å². The highest BCUT2D eigenvalue weighted by molar-refractivity contribution is 6.13. The Labute approximate surface area is 202 Å². The molecule has 6 heteroatoms. The van der Waals surface area contributed by atoms with Crippen LogP contribution in [0.15, 0.2) is 78.5 Å². The molecule has 2 N–H and O–H groups in total. The molecule has 0 aliphatic carbocycles. The molecule has 0 atom stereocenters. The summed E-state index contributed by atoms with van der Waals surface area (Å²) in [5.41, 5.74) is 5.02. The third-order valence-corrected chi connectivity index (χ3v) is 5.49. The first-order valence-electron chi connectivity index (χ1n) is 11.7. The Bertz CT molecular complexity index is 1110. The van der Waals surface area contributed by atoms with Gasteiger partial charge in [-0.3, -0.25) is 5.01 Å². The molecule has 0 fully saturated rings. The second-order valence-electron chi connectivity index (χ2n) is 8.20. The van der Waals surface area contributed by atoms with Gasteiger partial charge in [0.15, 0.2) is 0 Å². The van der Waals surface area contributed by atoms with Crippen LogP contribution in [0.4, 0.5) is 10.2 Å². The van der Waals surface area contributed by atoms with E-state index in [1.54, 1.807) is 23.3 Å². The number of anilines is 1. The molecular weight excluding hydrogens is 425 g/mol. The fraction of sp³-hybridized carbons (Fsp3) is 0.286. The Hall–Kier alpha value is -3.51. The molecule has 1 heterocycles. The number of hydrogen-bond acceptors (Lipinski definition) is 5. The molecule has 178 valence electrons. The molecule has 0 bridgehead atoms. The molecule has 0 aliphatic rings. The van der Waals surface area contributed by atoms with Gasteiger partial charge in [0.2, 0.25) is 5.95 Å². The van der Waals surface area contributed by atoms with Gasteiger partial charge in [-0.1, -0.05) is 67.6 Å². The Morgan fingerprint density at radius 3 is 2.47 bits per heavy atom. The van der Waals surface area contributed by atoms with Gasteiger partial charge in [-0.25, -0.2) is 4.98 Å². The van der Waals surface area contributed by atoms with Gasteiger partial charge < -0.3 is 10.6 Å². The minimum absolute atomic E-state index is 0.350. The molecule has 0 saturated carbocycles. The van der Waals surface area contributed by atoms with Crippen molar-refractivity contribution in [1.29, 1.82) is 0 Å². The van der Waals surface area contributed by atoms with Crippen LogP contribution in [0.2, 0.25) is 0 Å². The van der Waals surface area contributed by atoms with Gasteiger partial charge in [-0.2, -0.15) is 9.49 Å². The van der Waals surface area contributed by atoms with E-state index in [0.29, 0.717) is 23.6 Å². The normalized spacial score (nSPS) is 11.4. The van der Waals surface area contributed by atoms with Gasteiger partial charge in [0.1, 0.15) is 11.5 Å². The van der Waals surface area contributed by atoms with Crippen molar-refractivity contribution in [3.63, 3.8) is 0 Å². The highest BCUT2D eigenvalue weighted by Gasteiger charge is 2.17. The molecule has 0 unspecified atom stereocenters. The standard InChI is InChI=1S/C28H34FN5/c1-5-30-18-9-19-31-26-17-16-25(28(29)32-26)27(24-11-8-7-10-22(24)4)33-34(6-2)20-23-14-12-21(3)13-15-23/h6-8,10-17,30H,2,5,9,18-20H2,1,3-4H3,(H,31,32)/b33-27+. The largest absolute Gasteiger partial charge is 0.370 e. The van der Waals surface area contributed by atoms with Crippen molar-refractivity contribution in [3.8, 4) is 0 Å². The molecule has 0 spiro atoms. The third-order valence-electron chi connectivity index (χ3n) is 5.49. The first-order chi connectivity index (χ1) is 16.5. The summed E-state index contributed by atoms with van der Waals surface area (Å²) in [7, 11) is 0. The van der Waals surface area contributed by atoms with Crippen molar-refractivity contribution in [1.82, 2.24) is 15.3 Å². The maximum atomic E-state index is 15.3. The van der Waals surface area contributed by atoms with Crippen LogP contribution in [0.5, 0.6) is 0 Å². The number of nitrogens with one attached hydrogen (secondary N) is 2. The van der Waals surface area contributed by atoms with E-state index < -0.39 is 5.95 Å². The van der Waals surface area contributed by atoms with Gasteiger partial charge in [-0.05, 0) is 56.6 Å². The summed E-state index contributed by atoms with van der Waals surface area (Å²) in [6.07, 6.45) is 2.59. The lowest BCUT2D eigenvalue weighted by atomic mass is 9.99. The molecule has 3 rings (SSSR count). The second-order valence-corrected chi connectivity index (χ2v) is 8.20. The molecule has 0 aliphatic heterocycles. The van der Waals surface area contributed by atoms with Gasteiger partial charge in [0, 0.05) is 18.3 Å². The Kier molecular flexibility index (Phi) is 9.35. The van der Waals surface area contributed by atoms with E-state index in [-0.39, 0.29) is 0 Å². The molecule has 3 aromatic rings. The predicted molar refractivity (Wildman–Crippen MR) is 140 cm³/mol. The van der Waals surface area contributed by atoms with Crippen LogP contribution in [0.3, 0.4) is 0 Å². The summed E-state index contributed by atoms with van der Waals surface area (Å²) in [5.74, 6) is -0.0415. The molecule has 1 aromatic heterocycles. The second kappa shape index (κ2) is 12.7. The quantitative estimate of drug-likeness (QED) is 0.159. The lowest BCUT2D eigenvalue weighted by Crippen LogP contribution is -2.18. The molecule has 0 amide bonds. The van der Waals surface area contributed by atoms with Gasteiger partial charge in [0.05, 0.1) is 12.1 Å². The summed E-state index contributed by atoms with van der Waals surface area (Å²) < 4.78 is 15.3. The Morgan fingerprint density at radius 2 is 1.79 bits per heavy atom. The first kappa shape index (κ1) is 25.1. The average Bonchev–Trinajstić information content (AvgIpc) is 2.84. The number of rotatable bonds is 12. The zero-order valence-corrected chi connectivity index (χ0v) is 20.3. The average molecular weight is 460 g/mol. The van der Waals surface area contributed by atoms with Gasteiger partial charge in [-0.15, -0.1) is 0 Å². The minimum atomic E-state index is -0.557. The minimum Gasteiger partial charge on any atom is -0.370 e. The lowest BCUT2D eigenvalue weighted by molar-refractivity contribution is 0.393. The zero-order chi connectivity index (χ0) is 24.3. The van der Waals surface area contributed by atoms with Crippen molar-refractivity contribution in [2.24, 2.45) is 5.10 Å². The fourth-order valence-electron chi connectivity index (χ4n) is 3.56. The summed E-state index contributed by atoms with van der Waals surface area (Å²) >= 11 is 0. The SMILES string of the molecule is C=CN(Cc1ccc(C)cc1)/N=C(\c1ccccc1C)c1ccc(NCCCNCC)nc1F. The number of nitrogens with zero attached hydrogens (tertiary/aromatic N) is 3. The van der Waals surface area contributed by atoms with Crippen molar-refractivity contribution in [2.45, 2.75) is 33.7 Å². The van der Waals surface area contributed by atoms with Gasteiger partial charge in [0.25, 0.3) is 0 Å². The molecule has 0 saturated heterocycles. The van der Waals surface area contributed by atoms with Crippen LogP contribution in [0.1, 0.15) is 41.2 Å². The summed E-state index contributed by atoms with van der Waals surface area (Å²) in [6, 6.07) is 19.6. The molecule has 5 nitrogen and oxygen atoms in total. The molecular formula is C28H34FN5. The zero-order valence-electron chi connectivity index (χ0n) is 20.3. The Morgan fingerprint density at radius 1 is 1.03 bits per heavy atom. The van der Waals surface area contributed by atoms with Gasteiger partial charge >= 0.3 is 0 Å². The molecule has 0 radical (unpaired) electrons. The van der Waals surface area contributed by atoms with E-state index in [0.717, 1.165) is 42.7 Å². The Balaban J connectivity index is 1.91. The lowest BCUT2D eigenvalue weighted by Gasteiger charge is -2.19. The summed E-state index contributed by atoms with van der Waals surface area (Å²) in [6.45, 7) is 13.1. The van der Waals surface area contributed by atoms with E-state index in [4.69, 9.17) is 5.10 Å². The van der Waals surface area contributed by atoms with Crippen LogP contribution >= 0.6 is 0 Å². The maximum Gasteiger partial charge on any atom is 0.224 e. The van der Waals surface area contributed by atoms with Crippen LogP contribution < -0.4 is 10.6 Å². The van der Waals surface area contributed by atoms with Crippen LogP contribution in [-0.2, 0) is 6.54 Å². The highest BCUT2D eigenvalue weighted by atomic mass is 19.1. The van der Waals surface area contributed by atoms with E-state index >= 15 is 4.39 Å². The first-order valence-corrected chi connectivity index (χ1v) is 11.7. The number of aromatic nitrogens is 1. The van der Waals surface area contributed by atoms with E-state index in [2.05, 4.69) is 60.3 Å². The number of benzene rings is 2. The summed E-state index contributed by atoms with van der Waals surface area (Å²) in [5, 5.41) is 13.0. The topological polar surface area (TPSA) is 52.5 Å². The van der Waals surface area contributed by atoms with Crippen molar-refractivity contribution in [2.75, 3.05) is 25.0 Å². The van der Waals surface area contributed by atoms with Crippen LogP contribution in [-0.4, -0.2) is 35.3 Å².